The number of hydrogen-bond donors (Lipinski definition) is 4. The van der Waals surface area contributed by atoms with Gasteiger partial charge >= 0.3 is 18.0 Å². The molecular weight excluding hydrogens is 986 g/mol. The van der Waals surface area contributed by atoms with Crippen molar-refractivity contribution in [3.63, 3.8) is 0 Å². The minimum atomic E-state index is -4.73. The molecular formula is C49H45ClF2N6O11S2. The fourth-order valence-corrected chi connectivity index (χ4v) is 13.8. The number of amides is 3. The van der Waals surface area contributed by atoms with Crippen LogP contribution >= 0.6 is 22.9 Å². The maximum Gasteiger partial charge on any atom is 0.502 e. The third-order valence-electron chi connectivity index (χ3n) is 13.7. The molecule has 0 bridgehead atoms. The molecule has 3 fully saturated rings. The predicted molar refractivity (Wildman–Crippen MR) is 260 cm³/mol. The molecule has 10 rings (SSSR count). The summed E-state index contributed by atoms with van der Waals surface area (Å²) in [4.78, 5) is 69.0. The van der Waals surface area contributed by atoms with Crippen molar-refractivity contribution in [2.45, 2.75) is 87.8 Å². The Bertz CT molecular complexity index is 3340. The van der Waals surface area contributed by atoms with Gasteiger partial charge in [-0.15, -0.1) is 11.3 Å². The number of carbonyl (C=O) groups is 5. The van der Waals surface area contributed by atoms with Crippen molar-refractivity contribution >= 4 is 102 Å². The SMILES string of the molecule is CC1(C)CC(Nc2cccc(-c3sc(C(=O)O)c(OC(F)(F)C(=O)O)c3Cl)c2)CCN1S(=O)(=O)Cc1ccc2oc(N3CCC(c4ccc5c6c(cccc46)C(=O)N5C4CCC(=O)NC4=O)CC3)nc2c1. The molecule has 0 spiro atoms. The van der Waals surface area contributed by atoms with Crippen LogP contribution in [0.15, 0.2) is 77.2 Å². The number of thiophene rings is 1. The number of carbonyl (C=O) groups excluding carboxylic acids is 3. The van der Waals surface area contributed by atoms with E-state index in [1.165, 1.54) is 9.21 Å². The Morgan fingerprint density at radius 2 is 1.76 bits per heavy atom. The number of benzene rings is 4. The molecule has 71 heavy (non-hydrogen) atoms. The molecule has 2 atom stereocenters. The number of fused-ring (bicyclic) bond motifs is 1. The van der Waals surface area contributed by atoms with Crippen molar-refractivity contribution in [3.05, 3.63) is 99.4 Å². The summed E-state index contributed by atoms with van der Waals surface area (Å²) in [7, 11) is -3.84. The first kappa shape index (κ1) is 48.0. The van der Waals surface area contributed by atoms with Crippen molar-refractivity contribution in [1.82, 2.24) is 14.6 Å². The smallest absolute Gasteiger partial charge is 0.477 e. The molecule has 0 radical (unpaired) electrons. The van der Waals surface area contributed by atoms with Crippen LogP contribution in [0.3, 0.4) is 0 Å². The van der Waals surface area contributed by atoms with Crippen molar-refractivity contribution in [3.8, 4) is 16.2 Å². The molecule has 0 aliphatic carbocycles. The highest BCUT2D eigenvalue weighted by atomic mass is 35.5. The highest BCUT2D eigenvalue weighted by Gasteiger charge is 2.46. The molecule has 6 heterocycles. The van der Waals surface area contributed by atoms with E-state index in [1.54, 1.807) is 48.5 Å². The molecule has 370 valence electrons. The van der Waals surface area contributed by atoms with E-state index in [0.717, 1.165) is 29.2 Å². The average molecular weight is 1030 g/mol. The zero-order valence-electron chi connectivity index (χ0n) is 38.0. The van der Waals surface area contributed by atoms with Gasteiger partial charge in [0.2, 0.25) is 21.8 Å². The Morgan fingerprint density at radius 1 is 1.00 bits per heavy atom. The molecule has 6 aromatic rings. The predicted octanol–water partition coefficient (Wildman–Crippen LogP) is 8.45. The van der Waals surface area contributed by atoms with E-state index in [9.17, 15) is 46.3 Å². The number of anilines is 3. The van der Waals surface area contributed by atoms with E-state index in [2.05, 4.69) is 20.3 Å². The third-order valence-corrected chi connectivity index (χ3v) is 17.4. The normalized spacial score (nSPS) is 19.9. The van der Waals surface area contributed by atoms with Gasteiger partial charge < -0.3 is 29.6 Å². The van der Waals surface area contributed by atoms with E-state index in [4.69, 9.17) is 26.1 Å². The van der Waals surface area contributed by atoms with E-state index in [0.29, 0.717) is 82.4 Å². The topological polar surface area (TPSA) is 229 Å². The lowest BCUT2D eigenvalue weighted by Gasteiger charge is -2.45. The number of hydrogen-bond acceptors (Lipinski definition) is 13. The van der Waals surface area contributed by atoms with Crippen LogP contribution in [0.5, 0.6) is 5.75 Å². The van der Waals surface area contributed by atoms with Crippen molar-refractivity contribution in [1.29, 1.82) is 0 Å². The van der Waals surface area contributed by atoms with Gasteiger partial charge in [0.05, 0.1) is 16.3 Å². The molecule has 4 aliphatic rings. The summed E-state index contributed by atoms with van der Waals surface area (Å²) in [5.41, 5.74) is 4.03. The second-order valence-electron chi connectivity index (χ2n) is 18.8. The number of sulfonamides is 1. The van der Waals surface area contributed by atoms with Gasteiger partial charge in [0.15, 0.2) is 16.2 Å². The number of ether oxygens (including phenoxy) is 1. The Balaban J connectivity index is 0.779. The van der Waals surface area contributed by atoms with Crippen molar-refractivity contribution in [2.24, 2.45) is 0 Å². The van der Waals surface area contributed by atoms with E-state index in [-0.39, 0.29) is 53.8 Å². The average Bonchev–Trinajstić information content (AvgIpc) is 3.97. The fourth-order valence-electron chi connectivity index (χ4n) is 10.5. The first-order chi connectivity index (χ1) is 33.7. The van der Waals surface area contributed by atoms with Crippen LogP contribution in [0.4, 0.5) is 26.2 Å². The molecule has 0 saturated carbocycles. The van der Waals surface area contributed by atoms with E-state index in [1.807, 2.05) is 38.1 Å². The summed E-state index contributed by atoms with van der Waals surface area (Å²) in [5.74, 6) is -6.37. The molecule has 4 aliphatic heterocycles. The molecule has 3 saturated heterocycles. The van der Waals surface area contributed by atoms with E-state index >= 15 is 0 Å². The number of nitrogens with one attached hydrogen (secondary N) is 2. The Morgan fingerprint density at radius 3 is 2.48 bits per heavy atom. The van der Waals surface area contributed by atoms with Crippen LogP contribution in [-0.2, 0) is 30.2 Å². The summed E-state index contributed by atoms with van der Waals surface area (Å²) in [6.45, 7) is 5.18. The first-order valence-electron chi connectivity index (χ1n) is 22.8. The van der Waals surface area contributed by atoms with Gasteiger partial charge in [0.1, 0.15) is 16.6 Å². The largest absolute Gasteiger partial charge is 0.502 e. The molecule has 3 amide bonds. The van der Waals surface area contributed by atoms with Crippen LogP contribution in [0.2, 0.25) is 5.02 Å². The summed E-state index contributed by atoms with van der Waals surface area (Å²) in [6, 6.07) is 20.9. The lowest BCUT2D eigenvalue weighted by Crippen LogP contribution is -2.55. The molecule has 2 unspecified atom stereocenters. The number of imide groups is 1. The second-order valence-corrected chi connectivity index (χ2v) is 22.1. The monoisotopic (exact) mass is 1030 g/mol. The molecule has 4 N–H and O–H groups in total. The number of nitrogens with zero attached hydrogens (tertiary/aromatic N) is 4. The van der Waals surface area contributed by atoms with Crippen LogP contribution in [0.25, 0.3) is 32.3 Å². The number of aliphatic carboxylic acids is 1. The Labute approximate surface area is 413 Å². The summed E-state index contributed by atoms with van der Waals surface area (Å²) < 4.78 is 68.2. The van der Waals surface area contributed by atoms with Crippen molar-refractivity contribution in [2.75, 3.05) is 34.8 Å². The molecule has 4 aromatic carbocycles. The number of halogens is 3. The number of carboxylic acid groups (broad SMARTS) is 2. The number of oxazole rings is 1. The lowest BCUT2D eigenvalue weighted by atomic mass is 9.85. The summed E-state index contributed by atoms with van der Waals surface area (Å²) in [5, 5.41) is 25.6. The zero-order chi connectivity index (χ0) is 50.3. The standard InChI is InChI=1S/C49H45ClF2N6O11S2/c1-48(2)23-29(53-28-6-3-5-27(22-28)41-39(50)40(42(70-41)45(62)63)69-49(51,52)46(64)65)17-20-57(48)71(66,67)24-25-9-13-36-33(21-25)54-47(68-36)56-18-15-26(16-19-56)30-10-11-34-38-31(30)7-4-8-32(38)44(61)58(34)35-12-14-37(59)55-43(35)60/h3-11,13,21-22,26,29,35,53H,12,14-20,23-24H2,1-2H3,(H,62,63)(H,64,65)(H,55,59,60). The summed E-state index contributed by atoms with van der Waals surface area (Å²) >= 11 is 6.89. The number of rotatable bonds is 13. The summed E-state index contributed by atoms with van der Waals surface area (Å²) in [6.07, 6.45) is -1.90. The van der Waals surface area contributed by atoms with Crippen LogP contribution < -0.4 is 25.2 Å². The lowest BCUT2D eigenvalue weighted by molar-refractivity contribution is -0.210. The highest BCUT2D eigenvalue weighted by Crippen LogP contribution is 2.48. The van der Waals surface area contributed by atoms with Gasteiger partial charge in [-0.3, -0.25) is 24.6 Å². The maximum atomic E-state index is 14.1. The van der Waals surface area contributed by atoms with Crippen LogP contribution in [-0.4, -0.2) is 101 Å². The quantitative estimate of drug-likeness (QED) is 0.0796. The first-order valence-corrected chi connectivity index (χ1v) is 25.6. The van der Waals surface area contributed by atoms with Crippen LogP contribution in [0, 0.1) is 0 Å². The molecule has 22 heteroatoms. The van der Waals surface area contributed by atoms with Gasteiger partial charge in [0.25, 0.3) is 11.9 Å². The van der Waals surface area contributed by atoms with Crippen LogP contribution in [0.1, 0.15) is 89.4 Å². The fraction of sp³-hybridized carbons (Fsp3) is 0.347. The number of aromatic nitrogens is 1. The van der Waals surface area contributed by atoms with Gasteiger partial charge in [-0.05, 0) is 110 Å². The molecule has 2 aromatic heterocycles. The maximum absolute atomic E-state index is 14.1. The number of piperidine rings is 3. The highest BCUT2D eigenvalue weighted by molar-refractivity contribution is 7.88. The minimum absolute atomic E-state index is 0.0702. The Kier molecular flexibility index (Phi) is 12.1. The minimum Gasteiger partial charge on any atom is -0.477 e. The number of carboxylic acids is 2. The van der Waals surface area contributed by atoms with E-state index < -0.39 is 61.2 Å². The number of aromatic carboxylic acids is 1. The second kappa shape index (κ2) is 17.9. The van der Waals surface area contributed by atoms with Gasteiger partial charge in [-0.1, -0.05) is 48.0 Å². The third kappa shape index (κ3) is 8.82. The Hall–Kier alpha value is -6.68. The van der Waals surface area contributed by atoms with Crippen molar-refractivity contribution < 1.29 is 60.5 Å². The number of alkyl halides is 2. The zero-order valence-corrected chi connectivity index (χ0v) is 40.4. The van der Waals surface area contributed by atoms with Gasteiger partial charge in [-0.25, -0.2) is 18.0 Å². The van der Waals surface area contributed by atoms with Gasteiger partial charge in [-0.2, -0.15) is 18.1 Å². The van der Waals surface area contributed by atoms with Gasteiger partial charge in [0, 0.05) is 54.3 Å². The molecule has 17 nitrogen and oxygen atoms in total.